The molecule has 116 valence electrons. The van der Waals surface area contributed by atoms with E-state index in [9.17, 15) is 9.59 Å². The first-order valence-corrected chi connectivity index (χ1v) is 7.32. The molecule has 2 amide bonds. The molecule has 0 fully saturated rings. The predicted molar refractivity (Wildman–Crippen MR) is 85.1 cm³/mol. The van der Waals surface area contributed by atoms with Gasteiger partial charge in [-0.3, -0.25) is 9.59 Å². The van der Waals surface area contributed by atoms with E-state index in [2.05, 4.69) is 10.6 Å². The maximum Gasteiger partial charge on any atom is 0.251 e. The van der Waals surface area contributed by atoms with Crippen LogP contribution in [0.3, 0.4) is 0 Å². The van der Waals surface area contributed by atoms with Crippen molar-refractivity contribution in [1.82, 2.24) is 5.32 Å². The molecule has 0 radical (unpaired) electrons. The first-order chi connectivity index (χ1) is 9.93. The monoisotopic (exact) mass is 291 g/mol. The van der Waals surface area contributed by atoms with Gasteiger partial charge in [0.1, 0.15) is 0 Å². The molecule has 5 nitrogen and oxygen atoms in total. The fraction of sp³-hybridized carbons (Fsp3) is 0.500. The molecule has 2 atom stereocenters. The van der Waals surface area contributed by atoms with Crippen LogP contribution in [0.25, 0.3) is 0 Å². The number of carbonyl (C=O) groups excluding carboxylic acids is 2. The summed E-state index contributed by atoms with van der Waals surface area (Å²) in [5.41, 5.74) is 6.97. The van der Waals surface area contributed by atoms with E-state index in [1.807, 2.05) is 13.8 Å². The van der Waals surface area contributed by atoms with Gasteiger partial charge in [0.15, 0.2) is 0 Å². The molecule has 4 N–H and O–H groups in total. The van der Waals surface area contributed by atoms with Crippen LogP contribution in [0, 0.1) is 5.92 Å². The highest BCUT2D eigenvalue weighted by atomic mass is 16.2. The van der Waals surface area contributed by atoms with Crippen molar-refractivity contribution in [3.63, 3.8) is 0 Å². The minimum Gasteiger partial charge on any atom is -0.355 e. The van der Waals surface area contributed by atoms with Gasteiger partial charge in [-0.1, -0.05) is 13.3 Å². The van der Waals surface area contributed by atoms with Crippen LogP contribution in [0.15, 0.2) is 24.3 Å². The van der Waals surface area contributed by atoms with Crippen molar-refractivity contribution in [2.45, 2.75) is 39.2 Å². The average molecular weight is 291 g/mol. The highest BCUT2D eigenvalue weighted by molar-refractivity contribution is 5.96. The summed E-state index contributed by atoms with van der Waals surface area (Å²) in [6.07, 6.45) is 2.70. The van der Waals surface area contributed by atoms with Gasteiger partial charge in [-0.05, 0) is 44.0 Å². The van der Waals surface area contributed by atoms with Gasteiger partial charge in [0, 0.05) is 30.3 Å². The molecule has 0 aliphatic heterocycles. The Kier molecular flexibility index (Phi) is 6.88. The normalized spacial score (nSPS) is 13.3. The molecular weight excluding hydrogens is 266 g/mol. The zero-order valence-corrected chi connectivity index (χ0v) is 13.0. The Bertz CT molecular complexity index is 469. The highest BCUT2D eigenvalue weighted by Crippen LogP contribution is 2.14. The van der Waals surface area contributed by atoms with Crippen LogP contribution < -0.4 is 16.4 Å². The van der Waals surface area contributed by atoms with Crippen molar-refractivity contribution in [2.24, 2.45) is 11.7 Å². The van der Waals surface area contributed by atoms with E-state index in [-0.39, 0.29) is 23.8 Å². The van der Waals surface area contributed by atoms with Gasteiger partial charge in [0.2, 0.25) is 5.91 Å². The molecule has 0 heterocycles. The van der Waals surface area contributed by atoms with E-state index in [0.717, 1.165) is 19.3 Å². The number of nitrogens with two attached hydrogens (primary N) is 1. The van der Waals surface area contributed by atoms with Crippen molar-refractivity contribution in [3.05, 3.63) is 29.8 Å². The Morgan fingerprint density at radius 3 is 2.29 bits per heavy atom. The van der Waals surface area contributed by atoms with Gasteiger partial charge in [0.05, 0.1) is 0 Å². The maximum absolute atomic E-state index is 12.0. The number of nitrogens with one attached hydrogen (secondary N) is 2. The van der Waals surface area contributed by atoms with Crippen LogP contribution in [0.2, 0.25) is 0 Å². The molecule has 0 saturated carbocycles. The summed E-state index contributed by atoms with van der Waals surface area (Å²) in [6.45, 7) is 3.88. The second-order valence-corrected chi connectivity index (χ2v) is 5.45. The van der Waals surface area contributed by atoms with Crippen molar-refractivity contribution in [1.29, 1.82) is 0 Å². The molecule has 1 rings (SSSR count). The number of carbonyl (C=O) groups is 2. The van der Waals surface area contributed by atoms with Gasteiger partial charge in [0.25, 0.3) is 5.91 Å². The van der Waals surface area contributed by atoms with Crippen molar-refractivity contribution in [3.8, 4) is 0 Å². The minimum absolute atomic E-state index is 0.00707. The lowest BCUT2D eigenvalue weighted by molar-refractivity contribution is -0.119. The molecule has 0 aliphatic carbocycles. The number of amides is 2. The lowest BCUT2D eigenvalue weighted by Crippen LogP contribution is -2.22. The van der Waals surface area contributed by atoms with Crippen LogP contribution in [0.5, 0.6) is 0 Å². The van der Waals surface area contributed by atoms with Gasteiger partial charge in [-0.15, -0.1) is 0 Å². The van der Waals surface area contributed by atoms with Crippen molar-refractivity contribution < 1.29 is 9.59 Å². The van der Waals surface area contributed by atoms with E-state index < -0.39 is 0 Å². The fourth-order valence-electron chi connectivity index (χ4n) is 1.99. The van der Waals surface area contributed by atoms with E-state index in [1.54, 1.807) is 31.3 Å². The van der Waals surface area contributed by atoms with Gasteiger partial charge < -0.3 is 16.4 Å². The Morgan fingerprint density at radius 2 is 1.76 bits per heavy atom. The zero-order valence-electron chi connectivity index (χ0n) is 13.0. The molecule has 0 spiro atoms. The largest absolute Gasteiger partial charge is 0.355 e. The zero-order chi connectivity index (χ0) is 15.8. The quantitative estimate of drug-likeness (QED) is 0.719. The van der Waals surface area contributed by atoms with E-state index in [0.29, 0.717) is 11.3 Å². The standard InChI is InChI=1S/C16H25N3O2/c1-11(5-4-6-12(2)17)15(20)19-14-9-7-13(8-10-14)16(21)18-3/h7-12H,4-6,17H2,1-3H3,(H,18,21)(H,19,20). The van der Waals surface area contributed by atoms with E-state index >= 15 is 0 Å². The summed E-state index contributed by atoms with van der Waals surface area (Å²) in [6, 6.07) is 7.02. The molecule has 21 heavy (non-hydrogen) atoms. The molecule has 5 heteroatoms. The Balaban J connectivity index is 2.48. The van der Waals surface area contributed by atoms with E-state index in [1.165, 1.54) is 0 Å². The number of hydrogen-bond donors (Lipinski definition) is 3. The van der Waals surface area contributed by atoms with Crippen LogP contribution in [0.4, 0.5) is 5.69 Å². The maximum atomic E-state index is 12.0. The lowest BCUT2D eigenvalue weighted by Gasteiger charge is -2.13. The summed E-state index contributed by atoms with van der Waals surface area (Å²) in [7, 11) is 1.59. The summed E-state index contributed by atoms with van der Waals surface area (Å²) < 4.78 is 0. The Hall–Kier alpha value is -1.88. The summed E-state index contributed by atoms with van der Waals surface area (Å²) in [5.74, 6) is -0.202. The third-order valence-electron chi connectivity index (χ3n) is 3.39. The van der Waals surface area contributed by atoms with Gasteiger partial charge >= 0.3 is 0 Å². The number of rotatable bonds is 7. The Labute approximate surface area is 126 Å². The third-order valence-corrected chi connectivity index (χ3v) is 3.39. The average Bonchev–Trinajstić information content (AvgIpc) is 2.46. The number of anilines is 1. The van der Waals surface area contributed by atoms with Crippen molar-refractivity contribution >= 4 is 17.5 Å². The molecule has 2 unspecified atom stereocenters. The van der Waals surface area contributed by atoms with E-state index in [4.69, 9.17) is 5.73 Å². The highest BCUT2D eigenvalue weighted by Gasteiger charge is 2.13. The predicted octanol–water partition coefficient (Wildman–Crippen LogP) is 2.14. The van der Waals surface area contributed by atoms with Crippen LogP contribution in [-0.4, -0.2) is 24.9 Å². The molecule has 0 saturated heterocycles. The number of benzene rings is 1. The summed E-state index contributed by atoms with van der Waals surface area (Å²) in [5, 5.41) is 5.42. The second-order valence-electron chi connectivity index (χ2n) is 5.45. The molecule has 0 aliphatic rings. The Morgan fingerprint density at radius 1 is 1.14 bits per heavy atom. The second kappa shape index (κ2) is 8.42. The van der Waals surface area contributed by atoms with Gasteiger partial charge in [-0.2, -0.15) is 0 Å². The van der Waals surface area contributed by atoms with Gasteiger partial charge in [-0.25, -0.2) is 0 Å². The fourth-order valence-corrected chi connectivity index (χ4v) is 1.99. The SMILES string of the molecule is CNC(=O)c1ccc(NC(=O)C(C)CCCC(C)N)cc1. The molecule has 0 aromatic heterocycles. The first kappa shape index (κ1) is 17.2. The third kappa shape index (κ3) is 5.95. The molecule has 0 bridgehead atoms. The summed E-state index contributed by atoms with van der Waals surface area (Å²) >= 11 is 0. The lowest BCUT2D eigenvalue weighted by atomic mass is 10.0. The van der Waals surface area contributed by atoms with Crippen LogP contribution >= 0.6 is 0 Å². The van der Waals surface area contributed by atoms with Crippen LogP contribution in [-0.2, 0) is 4.79 Å². The summed E-state index contributed by atoms with van der Waals surface area (Å²) in [4.78, 5) is 23.5. The topological polar surface area (TPSA) is 84.2 Å². The molecular formula is C16H25N3O2. The molecule has 1 aromatic rings. The first-order valence-electron chi connectivity index (χ1n) is 7.32. The number of hydrogen-bond acceptors (Lipinski definition) is 3. The van der Waals surface area contributed by atoms with Crippen molar-refractivity contribution in [2.75, 3.05) is 12.4 Å². The minimum atomic E-state index is -0.142. The molecule has 1 aromatic carbocycles. The van der Waals surface area contributed by atoms with Crippen LogP contribution in [0.1, 0.15) is 43.5 Å². The smallest absolute Gasteiger partial charge is 0.251 e.